The van der Waals surface area contributed by atoms with E-state index in [4.69, 9.17) is 10.2 Å². The van der Waals surface area contributed by atoms with Crippen LogP contribution < -0.4 is 5.73 Å². The van der Waals surface area contributed by atoms with Crippen molar-refractivity contribution in [1.29, 1.82) is 0 Å². The summed E-state index contributed by atoms with van der Waals surface area (Å²) in [5.41, 5.74) is 5.89. The molecule has 0 aliphatic rings. The van der Waals surface area contributed by atoms with Gasteiger partial charge in [0.05, 0.1) is 12.3 Å². The number of nitrogens with two attached hydrogens (primary N) is 1. The summed E-state index contributed by atoms with van der Waals surface area (Å²) in [5, 5.41) is 0. The lowest BCUT2D eigenvalue weighted by Gasteiger charge is -2.06. The van der Waals surface area contributed by atoms with Crippen molar-refractivity contribution in [3.05, 3.63) is 24.2 Å². The Morgan fingerprint density at radius 1 is 1.50 bits per heavy atom. The van der Waals surface area contributed by atoms with Crippen LogP contribution in [0.5, 0.6) is 0 Å². The Bertz CT molecular complexity index is 194. The number of unbranched alkanes of at least 4 members (excludes halogenated alkanes) is 2. The molecule has 1 unspecified atom stereocenters. The zero-order valence-electron chi connectivity index (χ0n) is 7.62. The van der Waals surface area contributed by atoms with E-state index in [1.807, 2.05) is 12.1 Å². The molecule has 2 nitrogen and oxygen atoms in total. The first kappa shape index (κ1) is 9.33. The average Bonchev–Trinajstić information content (AvgIpc) is 2.56. The first-order chi connectivity index (χ1) is 5.84. The van der Waals surface area contributed by atoms with Crippen LogP contribution in [0.15, 0.2) is 22.8 Å². The zero-order chi connectivity index (χ0) is 8.81. The van der Waals surface area contributed by atoms with E-state index in [0.29, 0.717) is 0 Å². The van der Waals surface area contributed by atoms with Crippen LogP contribution in [0, 0.1) is 0 Å². The molecule has 0 aromatic carbocycles. The molecule has 0 amide bonds. The Balaban J connectivity index is 2.25. The van der Waals surface area contributed by atoms with Crippen LogP contribution in [0.4, 0.5) is 0 Å². The van der Waals surface area contributed by atoms with Crippen molar-refractivity contribution in [2.75, 3.05) is 0 Å². The van der Waals surface area contributed by atoms with E-state index in [2.05, 4.69) is 6.92 Å². The van der Waals surface area contributed by atoms with E-state index in [0.717, 1.165) is 12.2 Å². The van der Waals surface area contributed by atoms with Gasteiger partial charge in [-0.25, -0.2) is 0 Å². The molecule has 0 radical (unpaired) electrons. The van der Waals surface area contributed by atoms with E-state index >= 15 is 0 Å². The average molecular weight is 167 g/mol. The second-order valence-corrected chi connectivity index (χ2v) is 3.12. The largest absolute Gasteiger partial charge is 0.468 e. The summed E-state index contributed by atoms with van der Waals surface area (Å²) in [5.74, 6) is 0.908. The molecule has 68 valence electrons. The van der Waals surface area contributed by atoms with Gasteiger partial charge in [-0.2, -0.15) is 0 Å². The predicted molar refractivity (Wildman–Crippen MR) is 49.8 cm³/mol. The molecular weight excluding hydrogens is 150 g/mol. The third-order valence-corrected chi connectivity index (χ3v) is 2.03. The Morgan fingerprint density at radius 2 is 2.33 bits per heavy atom. The monoisotopic (exact) mass is 167 g/mol. The molecule has 0 saturated carbocycles. The maximum atomic E-state index is 5.89. The van der Waals surface area contributed by atoms with Gasteiger partial charge in [0.15, 0.2) is 0 Å². The van der Waals surface area contributed by atoms with Crippen molar-refractivity contribution < 1.29 is 4.42 Å². The van der Waals surface area contributed by atoms with Crippen LogP contribution in [0.1, 0.15) is 44.4 Å². The van der Waals surface area contributed by atoms with Gasteiger partial charge in [0.1, 0.15) is 5.76 Å². The molecule has 0 saturated heterocycles. The van der Waals surface area contributed by atoms with Crippen molar-refractivity contribution in [1.82, 2.24) is 0 Å². The van der Waals surface area contributed by atoms with Crippen LogP contribution in [-0.2, 0) is 0 Å². The van der Waals surface area contributed by atoms with E-state index in [1.165, 1.54) is 19.3 Å². The van der Waals surface area contributed by atoms with Crippen LogP contribution in [0.25, 0.3) is 0 Å². The minimum atomic E-state index is 0.0894. The smallest absolute Gasteiger partial charge is 0.120 e. The van der Waals surface area contributed by atoms with Crippen molar-refractivity contribution in [3.63, 3.8) is 0 Å². The Labute approximate surface area is 73.8 Å². The lowest BCUT2D eigenvalue weighted by Crippen LogP contribution is -2.08. The molecule has 0 aliphatic carbocycles. The van der Waals surface area contributed by atoms with Crippen LogP contribution in [0.2, 0.25) is 0 Å². The highest BCUT2D eigenvalue weighted by molar-refractivity contribution is 5.02. The molecule has 2 heteroatoms. The van der Waals surface area contributed by atoms with Crippen molar-refractivity contribution in [3.8, 4) is 0 Å². The van der Waals surface area contributed by atoms with Crippen molar-refractivity contribution in [2.24, 2.45) is 5.73 Å². The molecule has 1 atom stereocenters. The Morgan fingerprint density at radius 3 is 2.92 bits per heavy atom. The van der Waals surface area contributed by atoms with Gasteiger partial charge >= 0.3 is 0 Å². The first-order valence-electron chi connectivity index (χ1n) is 4.63. The highest BCUT2D eigenvalue weighted by atomic mass is 16.3. The molecule has 2 N–H and O–H groups in total. The summed E-state index contributed by atoms with van der Waals surface area (Å²) in [6, 6.07) is 3.91. The summed E-state index contributed by atoms with van der Waals surface area (Å²) in [4.78, 5) is 0. The van der Waals surface area contributed by atoms with E-state index in [1.54, 1.807) is 6.26 Å². The third kappa shape index (κ3) is 2.70. The fraction of sp³-hybridized carbons (Fsp3) is 0.600. The standard InChI is InChI=1S/C10H17NO/c1-2-3-4-6-9(11)10-7-5-8-12-10/h5,7-9H,2-4,6,11H2,1H3. The minimum Gasteiger partial charge on any atom is -0.468 e. The van der Waals surface area contributed by atoms with Crippen LogP contribution in [0.3, 0.4) is 0 Å². The molecule has 0 spiro atoms. The second kappa shape index (κ2) is 4.99. The van der Waals surface area contributed by atoms with Gasteiger partial charge in [0.2, 0.25) is 0 Å². The fourth-order valence-corrected chi connectivity index (χ4v) is 1.26. The number of rotatable bonds is 5. The topological polar surface area (TPSA) is 39.2 Å². The number of hydrogen-bond acceptors (Lipinski definition) is 2. The molecule has 12 heavy (non-hydrogen) atoms. The molecular formula is C10H17NO. The number of furan rings is 1. The zero-order valence-corrected chi connectivity index (χ0v) is 7.62. The number of hydrogen-bond donors (Lipinski definition) is 1. The van der Waals surface area contributed by atoms with Gasteiger partial charge in [-0.15, -0.1) is 0 Å². The molecule has 1 aromatic rings. The lowest BCUT2D eigenvalue weighted by molar-refractivity contribution is 0.441. The van der Waals surface area contributed by atoms with Crippen molar-refractivity contribution >= 4 is 0 Å². The highest BCUT2D eigenvalue weighted by Crippen LogP contribution is 2.17. The van der Waals surface area contributed by atoms with Crippen LogP contribution in [-0.4, -0.2) is 0 Å². The molecule has 1 rings (SSSR count). The fourth-order valence-electron chi connectivity index (χ4n) is 1.26. The summed E-state index contributed by atoms with van der Waals surface area (Å²) < 4.78 is 5.20. The summed E-state index contributed by atoms with van der Waals surface area (Å²) >= 11 is 0. The quantitative estimate of drug-likeness (QED) is 0.685. The van der Waals surface area contributed by atoms with Crippen molar-refractivity contribution in [2.45, 2.75) is 38.6 Å². The van der Waals surface area contributed by atoms with Gasteiger partial charge in [-0.05, 0) is 18.6 Å². The second-order valence-electron chi connectivity index (χ2n) is 3.12. The normalized spacial score (nSPS) is 13.2. The Hall–Kier alpha value is -0.760. The Kier molecular flexibility index (Phi) is 3.88. The van der Waals surface area contributed by atoms with E-state index in [-0.39, 0.29) is 6.04 Å². The van der Waals surface area contributed by atoms with Crippen LogP contribution >= 0.6 is 0 Å². The first-order valence-corrected chi connectivity index (χ1v) is 4.63. The predicted octanol–water partition coefficient (Wildman–Crippen LogP) is 2.86. The molecule has 1 aromatic heterocycles. The van der Waals surface area contributed by atoms with Gasteiger partial charge in [-0.3, -0.25) is 0 Å². The van der Waals surface area contributed by atoms with Gasteiger partial charge in [-0.1, -0.05) is 26.2 Å². The van der Waals surface area contributed by atoms with Gasteiger partial charge in [0.25, 0.3) is 0 Å². The maximum Gasteiger partial charge on any atom is 0.120 e. The molecule has 0 fully saturated rings. The van der Waals surface area contributed by atoms with E-state index < -0.39 is 0 Å². The highest BCUT2D eigenvalue weighted by Gasteiger charge is 2.06. The summed E-state index contributed by atoms with van der Waals surface area (Å²) in [6.45, 7) is 2.19. The summed E-state index contributed by atoms with van der Waals surface area (Å²) in [6.07, 6.45) is 6.40. The SMILES string of the molecule is CCCCCC(N)c1ccco1. The third-order valence-electron chi connectivity index (χ3n) is 2.03. The minimum absolute atomic E-state index is 0.0894. The summed E-state index contributed by atoms with van der Waals surface area (Å²) in [7, 11) is 0. The lowest BCUT2D eigenvalue weighted by atomic mass is 10.1. The van der Waals surface area contributed by atoms with E-state index in [9.17, 15) is 0 Å². The maximum absolute atomic E-state index is 5.89. The molecule has 0 aliphatic heterocycles. The molecule has 0 bridgehead atoms. The molecule has 1 heterocycles. The van der Waals surface area contributed by atoms with Gasteiger partial charge < -0.3 is 10.2 Å². The van der Waals surface area contributed by atoms with Gasteiger partial charge in [0, 0.05) is 0 Å².